The van der Waals surface area contributed by atoms with E-state index < -0.39 is 0 Å². The second kappa shape index (κ2) is 7.44. The molecule has 1 aliphatic rings. The van der Waals surface area contributed by atoms with Crippen LogP contribution in [0.15, 0.2) is 41.7 Å². The average molecular weight is 349 g/mol. The number of hydrogen-bond donors (Lipinski definition) is 1. The summed E-state index contributed by atoms with van der Waals surface area (Å²) in [5.74, 6) is 0.763. The summed E-state index contributed by atoms with van der Waals surface area (Å²) in [7, 11) is 0. The number of rotatable bonds is 3. The van der Waals surface area contributed by atoms with Crippen molar-refractivity contribution in [3.63, 3.8) is 0 Å². The molecule has 2 N–H and O–H groups in total. The summed E-state index contributed by atoms with van der Waals surface area (Å²) in [6.45, 7) is 3.15. The van der Waals surface area contributed by atoms with Crippen molar-refractivity contribution in [1.82, 2.24) is 14.9 Å². The fourth-order valence-corrected chi connectivity index (χ4v) is 2.66. The summed E-state index contributed by atoms with van der Waals surface area (Å²) in [4.78, 5) is 16.9. The molecule has 8 heteroatoms. The normalized spacial score (nSPS) is 15.7. The van der Waals surface area contributed by atoms with E-state index in [-0.39, 0.29) is 12.4 Å². The Kier molecular flexibility index (Phi) is 5.10. The Morgan fingerprint density at radius 2 is 1.92 bits per heavy atom. The third-order valence-corrected chi connectivity index (χ3v) is 4.10. The monoisotopic (exact) mass is 348 g/mol. The Labute approximate surface area is 144 Å². The molecule has 1 fully saturated rings. The summed E-state index contributed by atoms with van der Waals surface area (Å²) in [5.41, 5.74) is 6.51. The van der Waals surface area contributed by atoms with Gasteiger partial charge in [0.25, 0.3) is 0 Å². The quantitative estimate of drug-likeness (QED) is 0.677. The van der Waals surface area contributed by atoms with E-state index in [1.165, 1.54) is 6.07 Å². The zero-order chi connectivity index (χ0) is 16.9. The van der Waals surface area contributed by atoms with Crippen molar-refractivity contribution in [3.8, 4) is 0 Å². The Morgan fingerprint density at radius 3 is 2.58 bits per heavy atom. The number of halogens is 2. The second-order valence-corrected chi connectivity index (χ2v) is 5.87. The first kappa shape index (κ1) is 16.4. The number of hydrogen-bond acceptors (Lipinski definition) is 4. The van der Waals surface area contributed by atoms with Gasteiger partial charge in [-0.3, -0.25) is 0 Å². The molecule has 1 aromatic carbocycles. The molecule has 0 bridgehead atoms. The molecule has 0 saturated carbocycles. The minimum Gasteiger partial charge on any atom is -0.370 e. The second-order valence-electron chi connectivity index (χ2n) is 5.43. The number of benzene rings is 1. The lowest BCUT2D eigenvalue weighted by Crippen LogP contribution is -2.51. The zero-order valence-electron chi connectivity index (χ0n) is 13.1. The Bertz CT molecular complexity index is 716. The Hall–Kier alpha value is -2.41. The summed E-state index contributed by atoms with van der Waals surface area (Å²) in [6.07, 6.45) is 3.45. The summed E-state index contributed by atoms with van der Waals surface area (Å²) in [6, 6.07) is 6.34. The molecule has 6 nitrogen and oxygen atoms in total. The van der Waals surface area contributed by atoms with Crippen LogP contribution in [0.4, 0.5) is 10.3 Å². The van der Waals surface area contributed by atoms with E-state index in [4.69, 9.17) is 17.3 Å². The molecule has 2 aromatic rings. The van der Waals surface area contributed by atoms with Gasteiger partial charge >= 0.3 is 0 Å². The van der Waals surface area contributed by atoms with Crippen LogP contribution in [-0.2, 0) is 6.54 Å². The van der Waals surface area contributed by atoms with E-state index in [0.717, 1.165) is 32.1 Å². The van der Waals surface area contributed by atoms with Crippen LogP contribution in [0.1, 0.15) is 5.56 Å². The standard InChI is InChI=1S/C16H18ClFN6/c17-13-3-2-12(14(18)10-13)11-22-15(19)23-6-8-24(9-7-23)16-20-4-1-5-21-16/h1-5,10H,6-9,11H2,(H2,19,22). The molecule has 0 radical (unpaired) electrons. The van der Waals surface area contributed by atoms with Crippen LogP contribution in [0.25, 0.3) is 0 Å². The number of aliphatic imine (C=N–C) groups is 1. The van der Waals surface area contributed by atoms with Crippen LogP contribution in [0.5, 0.6) is 0 Å². The molecule has 0 unspecified atom stereocenters. The largest absolute Gasteiger partial charge is 0.370 e. The number of aromatic nitrogens is 2. The summed E-state index contributed by atoms with van der Waals surface area (Å²) in [5, 5.41) is 0.368. The molecule has 1 aliphatic heterocycles. The molecular weight excluding hydrogens is 331 g/mol. The van der Waals surface area contributed by atoms with Gasteiger partial charge in [-0.25, -0.2) is 19.4 Å². The number of nitrogens with two attached hydrogens (primary N) is 1. The fourth-order valence-electron chi connectivity index (χ4n) is 2.51. The topological polar surface area (TPSA) is 70.6 Å². The van der Waals surface area contributed by atoms with Crippen LogP contribution in [0.3, 0.4) is 0 Å². The van der Waals surface area contributed by atoms with Gasteiger partial charge in [0.1, 0.15) is 5.82 Å². The number of nitrogens with zero attached hydrogens (tertiary/aromatic N) is 5. The van der Waals surface area contributed by atoms with Crippen LogP contribution in [-0.4, -0.2) is 47.0 Å². The fraction of sp³-hybridized carbons (Fsp3) is 0.312. The van der Waals surface area contributed by atoms with E-state index in [0.29, 0.717) is 16.5 Å². The van der Waals surface area contributed by atoms with Gasteiger partial charge in [0.2, 0.25) is 5.95 Å². The molecule has 0 amide bonds. The molecule has 0 spiro atoms. The zero-order valence-corrected chi connectivity index (χ0v) is 13.8. The smallest absolute Gasteiger partial charge is 0.225 e. The predicted octanol–water partition coefficient (Wildman–Crippen LogP) is 1.91. The molecule has 0 aliphatic carbocycles. The van der Waals surface area contributed by atoms with Crippen molar-refractivity contribution in [1.29, 1.82) is 0 Å². The van der Waals surface area contributed by atoms with Crippen molar-refractivity contribution in [3.05, 3.63) is 53.1 Å². The van der Waals surface area contributed by atoms with Crippen molar-refractivity contribution in [2.75, 3.05) is 31.1 Å². The third-order valence-electron chi connectivity index (χ3n) is 3.87. The van der Waals surface area contributed by atoms with Crippen LogP contribution >= 0.6 is 11.6 Å². The summed E-state index contributed by atoms with van der Waals surface area (Å²) >= 11 is 5.74. The molecule has 0 atom stereocenters. The van der Waals surface area contributed by atoms with Crippen molar-refractivity contribution >= 4 is 23.5 Å². The molecule has 126 valence electrons. The lowest BCUT2D eigenvalue weighted by molar-refractivity contribution is 0.378. The molecule has 1 aromatic heterocycles. The van der Waals surface area contributed by atoms with E-state index >= 15 is 0 Å². The van der Waals surface area contributed by atoms with Gasteiger partial charge in [0.15, 0.2) is 5.96 Å². The van der Waals surface area contributed by atoms with Gasteiger partial charge in [-0.2, -0.15) is 0 Å². The van der Waals surface area contributed by atoms with Crippen LogP contribution in [0, 0.1) is 5.82 Å². The van der Waals surface area contributed by atoms with Gasteiger partial charge in [0, 0.05) is 49.2 Å². The van der Waals surface area contributed by atoms with E-state index in [1.807, 2.05) is 4.90 Å². The van der Waals surface area contributed by atoms with Crippen molar-refractivity contribution < 1.29 is 4.39 Å². The Balaban J connectivity index is 1.57. The molecular formula is C16H18ClFN6. The first-order chi connectivity index (χ1) is 11.6. The average Bonchev–Trinajstić information content (AvgIpc) is 2.62. The highest BCUT2D eigenvalue weighted by Gasteiger charge is 2.19. The number of anilines is 1. The van der Waals surface area contributed by atoms with Crippen LogP contribution < -0.4 is 10.6 Å². The first-order valence-corrected chi connectivity index (χ1v) is 8.02. The highest BCUT2D eigenvalue weighted by Crippen LogP contribution is 2.15. The molecule has 1 saturated heterocycles. The maximum absolute atomic E-state index is 13.8. The first-order valence-electron chi connectivity index (χ1n) is 7.64. The highest BCUT2D eigenvalue weighted by atomic mass is 35.5. The molecule has 24 heavy (non-hydrogen) atoms. The minimum atomic E-state index is -0.370. The van der Waals surface area contributed by atoms with E-state index in [9.17, 15) is 4.39 Å². The highest BCUT2D eigenvalue weighted by molar-refractivity contribution is 6.30. The number of guanidine groups is 1. The lowest BCUT2D eigenvalue weighted by atomic mass is 10.2. The SMILES string of the molecule is NC(=NCc1ccc(Cl)cc1F)N1CCN(c2ncccn2)CC1. The van der Waals surface area contributed by atoms with Gasteiger partial charge in [-0.05, 0) is 18.2 Å². The third kappa shape index (κ3) is 3.91. The van der Waals surface area contributed by atoms with Crippen molar-refractivity contribution in [2.24, 2.45) is 10.7 Å². The maximum atomic E-state index is 13.8. The van der Waals surface area contributed by atoms with Gasteiger partial charge in [0.05, 0.1) is 6.54 Å². The minimum absolute atomic E-state index is 0.191. The van der Waals surface area contributed by atoms with Gasteiger partial charge in [-0.1, -0.05) is 17.7 Å². The number of piperazine rings is 1. The Morgan fingerprint density at radius 1 is 1.21 bits per heavy atom. The van der Waals surface area contributed by atoms with Crippen molar-refractivity contribution in [2.45, 2.75) is 6.54 Å². The van der Waals surface area contributed by atoms with Crippen LogP contribution in [0.2, 0.25) is 5.02 Å². The maximum Gasteiger partial charge on any atom is 0.225 e. The lowest BCUT2D eigenvalue weighted by Gasteiger charge is -2.35. The molecule has 2 heterocycles. The van der Waals surface area contributed by atoms with E-state index in [1.54, 1.807) is 30.6 Å². The summed E-state index contributed by atoms with van der Waals surface area (Å²) < 4.78 is 13.8. The predicted molar refractivity (Wildman–Crippen MR) is 92.6 cm³/mol. The van der Waals surface area contributed by atoms with Gasteiger partial charge in [-0.15, -0.1) is 0 Å². The molecule has 3 rings (SSSR count). The van der Waals surface area contributed by atoms with E-state index in [2.05, 4.69) is 19.9 Å². The van der Waals surface area contributed by atoms with Gasteiger partial charge < -0.3 is 15.5 Å².